The van der Waals surface area contributed by atoms with Gasteiger partial charge < -0.3 is 5.11 Å². The highest BCUT2D eigenvalue weighted by atomic mass is 16.4. The third kappa shape index (κ3) is 4.72. The van der Waals surface area contributed by atoms with E-state index in [1.165, 1.54) is 12.1 Å². The number of carboxylic acid groups (broad SMARTS) is 1. The molecule has 0 amide bonds. The van der Waals surface area contributed by atoms with Crippen molar-refractivity contribution >= 4 is 29.8 Å². The number of hydrogen-bond donors (Lipinski definition) is 1. The lowest BCUT2D eigenvalue weighted by Gasteiger charge is -2.01. The van der Waals surface area contributed by atoms with Crippen LogP contribution in [0, 0.1) is 0 Å². The van der Waals surface area contributed by atoms with E-state index in [2.05, 4.69) is 9.98 Å². The van der Waals surface area contributed by atoms with Gasteiger partial charge in [-0.25, -0.2) is 4.79 Å². The monoisotopic (exact) mass is 328 g/mol. The Kier molecular flexibility index (Phi) is 5.12. The van der Waals surface area contributed by atoms with Crippen molar-refractivity contribution in [2.75, 3.05) is 0 Å². The SMILES string of the molecule is O=C(O)c1cc(N=Cc2ccccc2)cc(N=Cc2ccccc2)c1. The van der Waals surface area contributed by atoms with Crippen LogP contribution in [0.3, 0.4) is 0 Å². The summed E-state index contributed by atoms with van der Waals surface area (Å²) < 4.78 is 0. The van der Waals surface area contributed by atoms with Crippen LogP contribution in [0.4, 0.5) is 11.4 Å². The van der Waals surface area contributed by atoms with Crippen LogP contribution in [0.5, 0.6) is 0 Å². The predicted molar refractivity (Wildman–Crippen MR) is 101 cm³/mol. The van der Waals surface area contributed by atoms with Crippen molar-refractivity contribution in [2.45, 2.75) is 0 Å². The van der Waals surface area contributed by atoms with Gasteiger partial charge in [-0.2, -0.15) is 0 Å². The number of nitrogens with zero attached hydrogens (tertiary/aromatic N) is 2. The molecule has 1 N–H and O–H groups in total. The minimum atomic E-state index is -1.01. The van der Waals surface area contributed by atoms with E-state index in [-0.39, 0.29) is 5.56 Å². The first-order valence-corrected chi connectivity index (χ1v) is 7.77. The van der Waals surface area contributed by atoms with Gasteiger partial charge in [-0.1, -0.05) is 60.7 Å². The first-order valence-electron chi connectivity index (χ1n) is 7.77. The Morgan fingerprint density at radius 3 is 1.56 bits per heavy atom. The van der Waals surface area contributed by atoms with Crippen molar-refractivity contribution < 1.29 is 9.90 Å². The Balaban J connectivity index is 1.91. The summed E-state index contributed by atoms with van der Waals surface area (Å²) in [5.74, 6) is -1.01. The Bertz CT molecular complexity index is 849. The van der Waals surface area contributed by atoms with Gasteiger partial charge in [0.05, 0.1) is 16.9 Å². The van der Waals surface area contributed by atoms with Gasteiger partial charge in [0.1, 0.15) is 0 Å². The molecule has 0 unspecified atom stereocenters. The van der Waals surface area contributed by atoms with Crippen LogP contribution in [-0.2, 0) is 0 Å². The number of aromatic carboxylic acids is 1. The lowest BCUT2D eigenvalue weighted by molar-refractivity contribution is 0.0697. The summed E-state index contributed by atoms with van der Waals surface area (Å²) in [7, 11) is 0. The van der Waals surface area contributed by atoms with E-state index in [1.54, 1.807) is 18.5 Å². The highest BCUT2D eigenvalue weighted by Crippen LogP contribution is 2.24. The van der Waals surface area contributed by atoms with Crippen LogP contribution in [-0.4, -0.2) is 23.5 Å². The molecule has 0 aliphatic carbocycles. The Labute approximate surface area is 145 Å². The molecule has 0 heterocycles. The minimum absolute atomic E-state index is 0.155. The van der Waals surface area contributed by atoms with Crippen molar-refractivity contribution in [3.63, 3.8) is 0 Å². The van der Waals surface area contributed by atoms with E-state index in [0.717, 1.165) is 11.1 Å². The van der Waals surface area contributed by atoms with Crippen LogP contribution in [0.15, 0.2) is 88.8 Å². The zero-order chi connectivity index (χ0) is 17.5. The van der Waals surface area contributed by atoms with Crippen LogP contribution in [0.2, 0.25) is 0 Å². The summed E-state index contributed by atoms with van der Waals surface area (Å²) in [5.41, 5.74) is 3.13. The molecule has 3 aromatic rings. The van der Waals surface area contributed by atoms with E-state index >= 15 is 0 Å². The van der Waals surface area contributed by atoms with Crippen molar-refractivity contribution in [2.24, 2.45) is 9.98 Å². The highest BCUT2D eigenvalue weighted by molar-refractivity contribution is 5.91. The first kappa shape index (κ1) is 16.3. The topological polar surface area (TPSA) is 62.0 Å². The smallest absolute Gasteiger partial charge is 0.335 e. The van der Waals surface area contributed by atoms with Gasteiger partial charge in [0.2, 0.25) is 0 Å². The Hall–Kier alpha value is -3.53. The zero-order valence-corrected chi connectivity index (χ0v) is 13.4. The zero-order valence-electron chi connectivity index (χ0n) is 13.4. The molecule has 25 heavy (non-hydrogen) atoms. The maximum atomic E-state index is 11.4. The van der Waals surface area contributed by atoms with E-state index in [9.17, 15) is 9.90 Å². The normalized spacial score (nSPS) is 11.2. The summed E-state index contributed by atoms with van der Waals surface area (Å²) in [5, 5.41) is 9.30. The van der Waals surface area contributed by atoms with Gasteiger partial charge in [-0.05, 0) is 29.3 Å². The molecule has 0 aromatic heterocycles. The molecule has 0 aliphatic rings. The van der Waals surface area contributed by atoms with E-state index in [1.807, 2.05) is 60.7 Å². The number of carbonyl (C=O) groups is 1. The largest absolute Gasteiger partial charge is 0.478 e. The molecular formula is C21H16N2O2. The van der Waals surface area contributed by atoms with E-state index in [0.29, 0.717) is 11.4 Å². The summed E-state index contributed by atoms with van der Waals surface area (Å²) in [6, 6.07) is 24.1. The second kappa shape index (κ2) is 7.84. The molecule has 0 atom stereocenters. The highest BCUT2D eigenvalue weighted by Gasteiger charge is 2.06. The predicted octanol–water partition coefficient (Wildman–Crippen LogP) is 4.89. The second-order valence-electron chi connectivity index (χ2n) is 5.38. The van der Waals surface area contributed by atoms with Gasteiger partial charge >= 0.3 is 5.97 Å². The van der Waals surface area contributed by atoms with Crippen molar-refractivity contribution in [1.29, 1.82) is 0 Å². The number of hydrogen-bond acceptors (Lipinski definition) is 3. The molecule has 3 rings (SSSR count). The molecule has 4 nitrogen and oxygen atoms in total. The summed E-state index contributed by atoms with van der Waals surface area (Å²) in [6.07, 6.45) is 3.40. The van der Waals surface area contributed by atoms with Crippen molar-refractivity contribution in [3.05, 3.63) is 95.6 Å². The Morgan fingerprint density at radius 2 is 1.16 bits per heavy atom. The van der Waals surface area contributed by atoms with Crippen LogP contribution >= 0.6 is 0 Å². The lowest BCUT2D eigenvalue weighted by Crippen LogP contribution is -1.95. The molecule has 0 radical (unpaired) electrons. The quantitative estimate of drug-likeness (QED) is 0.678. The van der Waals surface area contributed by atoms with Gasteiger partial charge in [0.15, 0.2) is 0 Å². The first-order chi connectivity index (χ1) is 12.2. The Morgan fingerprint density at radius 1 is 0.720 bits per heavy atom. The third-order valence-electron chi connectivity index (χ3n) is 3.47. The number of rotatable bonds is 5. The fourth-order valence-corrected chi connectivity index (χ4v) is 2.24. The summed E-state index contributed by atoms with van der Waals surface area (Å²) >= 11 is 0. The van der Waals surface area contributed by atoms with Crippen LogP contribution in [0.1, 0.15) is 21.5 Å². The molecule has 0 saturated carbocycles. The minimum Gasteiger partial charge on any atom is -0.478 e. The molecule has 122 valence electrons. The molecule has 0 saturated heterocycles. The maximum Gasteiger partial charge on any atom is 0.335 e. The standard InChI is InChI=1S/C21H16N2O2/c24-21(25)18-11-19(22-14-16-7-3-1-4-8-16)13-20(12-18)23-15-17-9-5-2-6-10-17/h1-15H,(H,24,25). The average molecular weight is 328 g/mol. The fraction of sp³-hybridized carbons (Fsp3) is 0. The van der Waals surface area contributed by atoms with Gasteiger partial charge in [0, 0.05) is 12.4 Å². The van der Waals surface area contributed by atoms with Crippen LogP contribution in [0.25, 0.3) is 0 Å². The lowest BCUT2D eigenvalue weighted by atomic mass is 10.1. The average Bonchev–Trinajstić information content (AvgIpc) is 2.66. The van der Waals surface area contributed by atoms with Gasteiger partial charge in [0.25, 0.3) is 0 Å². The van der Waals surface area contributed by atoms with Crippen molar-refractivity contribution in [3.8, 4) is 0 Å². The fourth-order valence-electron chi connectivity index (χ4n) is 2.24. The number of aliphatic imine (C=N–C) groups is 2. The number of carboxylic acids is 1. The molecule has 0 fully saturated rings. The van der Waals surface area contributed by atoms with Crippen LogP contribution < -0.4 is 0 Å². The molecule has 0 aliphatic heterocycles. The summed E-state index contributed by atoms with van der Waals surface area (Å²) in [6.45, 7) is 0. The second-order valence-corrected chi connectivity index (χ2v) is 5.38. The van der Waals surface area contributed by atoms with Crippen molar-refractivity contribution in [1.82, 2.24) is 0 Å². The molecular weight excluding hydrogens is 312 g/mol. The number of benzene rings is 3. The van der Waals surface area contributed by atoms with E-state index in [4.69, 9.17) is 0 Å². The van der Waals surface area contributed by atoms with Gasteiger partial charge in [-0.3, -0.25) is 9.98 Å². The molecule has 0 bridgehead atoms. The van der Waals surface area contributed by atoms with Gasteiger partial charge in [-0.15, -0.1) is 0 Å². The maximum absolute atomic E-state index is 11.4. The molecule has 3 aromatic carbocycles. The molecule has 0 spiro atoms. The summed E-state index contributed by atoms with van der Waals surface area (Å²) in [4.78, 5) is 20.1. The van der Waals surface area contributed by atoms with E-state index < -0.39 is 5.97 Å². The third-order valence-corrected chi connectivity index (χ3v) is 3.47. The molecule has 4 heteroatoms.